The first-order valence-corrected chi connectivity index (χ1v) is 9.20. The van der Waals surface area contributed by atoms with E-state index >= 15 is 0 Å². The number of benzene rings is 2. The van der Waals surface area contributed by atoms with Crippen molar-refractivity contribution in [3.8, 4) is 11.8 Å². The summed E-state index contributed by atoms with van der Waals surface area (Å²) in [4.78, 5) is 12.0. The number of rotatable bonds is 8. The van der Waals surface area contributed by atoms with E-state index in [1.807, 2.05) is 36.4 Å². The number of nitrogens with one attached hydrogen (secondary N) is 1. The molecule has 0 saturated carbocycles. The van der Waals surface area contributed by atoms with Crippen molar-refractivity contribution >= 4 is 11.8 Å². The Morgan fingerprint density at radius 3 is 2.85 bits per heavy atom. The first-order valence-electron chi connectivity index (χ1n) is 8.21. The third-order valence-electron chi connectivity index (χ3n) is 3.74. The molecule has 0 atom stereocenters. The number of aryl methyl sites for hydroxylation is 1. The zero-order chi connectivity index (χ0) is 18.2. The van der Waals surface area contributed by atoms with Crippen LogP contribution in [0.3, 0.4) is 0 Å². The minimum absolute atomic E-state index is 0.203. The van der Waals surface area contributed by atoms with Crippen molar-refractivity contribution in [2.24, 2.45) is 0 Å². The summed E-state index contributed by atoms with van der Waals surface area (Å²) in [5.74, 6) is 1.31. The van der Waals surface area contributed by atoms with E-state index in [4.69, 9.17) is 10.00 Å². The first-order chi connectivity index (χ1) is 12.8. The van der Waals surface area contributed by atoms with Crippen molar-refractivity contribution in [3.05, 3.63) is 76.2 Å². The van der Waals surface area contributed by atoms with Crippen LogP contribution >= 0.6 is 11.8 Å². The van der Waals surface area contributed by atoms with Gasteiger partial charge in [-0.05, 0) is 30.2 Å². The van der Waals surface area contributed by atoms with E-state index in [-0.39, 0.29) is 5.69 Å². The van der Waals surface area contributed by atoms with E-state index in [9.17, 15) is 4.79 Å². The number of nitriles is 1. The molecule has 1 aromatic heterocycles. The molecule has 0 spiro atoms. The maximum absolute atomic E-state index is 12.0. The Bertz CT molecular complexity index is 944. The van der Waals surface area contributed by atoms with E-state index in [2.05, 4.69) is 16.3 Å². The van der Waals surface area contributed by atoms with Crippen LogP contribution in [0.1, 0.15) is 11.1 Å². The maximum atomic E-state index is 12.0. The molecular weight excluding hydrogens is 348 g/mol. The average Bonchev–Trinajstić information content (AvgIpc) is 3.04. The number of hydrogen-bond acceptors (Lipinski definition) is 5. The Kier molecular flexibility index (Phi) is 6.12. The highest BCUT2D eigenvalue weighted by Crippen LogP contribution is 2.16. The lowest BCUT2D eigenvalue weighted by molar-refractivity contribution is 0.343. The summed E-state index contributed by atoms with van der Waals surface area (Å²) in [5, 5.41) is 16.1. The van der Waals surface area contributed by atoms with Crippen molar-refractivity contribution in [1.29, 1.82) is 5.26 Å². The van der Waals surface area contributed by atoms with Gasteiger partial charge < -0.3 is 4.74 Å². The van der Waals surface area contributed by atoms with Gasteiger partial charge in [0, 0.05) is 12.3 Å². The van der Waals surface area contributed by atoms with Gasteiger partial charge in [-0.15, -0.1) is 5.10 Å². The van der Waals surface area contributed by atoms with Crippen LogP contribution in [0.25, 0.3) is 0 Å². The van der Waals surface area contributed by atoms with Crippen LogP contribution in [0, 0.1) is 11.3 Å². The van der Waals surface area contributed by atoms with Crippen LogP contribution in [0.5, 0.6) is 5.75 Å². The zero-order valence-electron chi connectivity index (χ0n) is 14.1. The Hall–Kier alpha value is -2.98. The van der Waals surface area contributed by atoms with E-state index < -0.39 is 0 Å². The fourth-order valence-corrected chi connectivity index (χ4v) is 3.23. The predicted molar refractivity (Wildman–Crippen MR) is 100 cm³/mol. The molecule has 0 amide bonds. The quantitative estimate of drug-likeness (QED) is 0.489. The van der Waals surface area contributed by atoms with Crippen LogP contribution in [0.15, 0.2) is 64.5 Å². The number of hydrogen-bond donors (Lipinski definition) is 1. The molecule has 0 aliphatic rings. The second-order valence-corrected chi connectivity index (χ2v) is 6.60. The van der Waals surface area contributed by atoms with E-state index in [1.165, 1.54) is 17.3 Å². The highest BCUT2D eigenvalue weighted by molar-refractivity contribution is 7.99. The fraction of sp³-hybridized carbons (Fsp3) is 0.211. The lowest BCUT2D eigenvalue weighted by Gasteiger charge is -2.07. The fourth-order valence-electron chi connectivity index (χ4n) is 2.44. The van der Waals surface area contributed by atoms with Gasteiger partial charge in [0.2, 0.25) is 0 Å². The summed E-state index contributed by atoms with van der Waals surface area (Å²) in [6, 6.07) is 19.2. The largest absolute Gasteiger partial charge is 0.493 e. The Morgan fingerprint density at radius 1 is 1.19 bits per heavy atom. The molecule has 0 aliphatic heterocycles. The van der Waals surface area contributed by atoms with Crippen molar-refractivity contribution in [2.45, 2.75) is 18.1 Å². The van der Waals surface area contributed by atoms with Crippen LogP contribution in [0.4, 0.5) is 0 Å². The number of H-pyrrole nitrogens is 1. The summed E-state index contributed by atoms with van der Waals surface area (Å²) >= 11 is 1.46. The molecule has 1 heterocycles. The van der Waals surface area contributed by atoms with Gasteiger partial charge in [0.25, 0.3) is 0 Å². The van der Waals surface area contributed by atoms with Gasteiger partial charge in [0.1, 0.15) is 5.75 Å². The molecule has 26 heavy (non-hydrogen) atoms. The van der Waals surface area contributed by atoms with E-state index in [0.29, 0.717) is 35.4 Å². The maximum Gasteiger partial charge on any atom is 0.343 e. The Labute approximate surface area is 155 Å². The van der Waals surface area contributed by atoms with Gasteiger partial charge >= 0.3 is 5.69 Å². The normalized spacial score (nSPS) is 10.4. The standard InChI is InChI=1S/C19H18N4O2S/c20-14-16-7-4-8-17(13-16)25-11-12-26-19-22-21-18(24)23(19)10-9-15-5-2-1-3-6-15/h1-8,13H,9-12H2,(H,21,24). The van der Waals surface area contributed by atoms with Gasteiger partial charge in [-0.3, -0.25) is 4.57 Å². The third-order valence-corrected chi connectivity index (χ3v) is 4.68. The molecule has 3 rings (SSSR count). The van der Waals surface area contributed by atoms with Crippen LogP contribution < -0.4 is 10.4 Å². The minimum atomic E-state index is -0.203. The predicted octanol–water partition coefficient (Wildman–Crippen LogP) is 2.86. The molecule has 0 fully saturated rings. The van der Waals surface area contributed by atoms with Crippen LogP contribution in [-0.4, -0.2) is 27.1 Å². The van der Waals surface area contributed by atoms with Crippen molar-refractivity contribution in [1.82, 2.24) is 14.8 Å². The second kappa shape index (κ2) is 8.92. The first kappa shape index (κ1) is 17.8. The molecule has 3 aromatic rings. The molecule has 0 saturated heterocycles. The van der Waals surface area contributed by atoms with Crippen LogP contribution in [-0.2, 0) is 13.0 Å². The zero-order valence-corrected chi connectivity index (χ0v) is 14.9. The SMILES string of the molecule is N#Cc1cccc(OCCSc2n[nH]c(=O)n2CCc2ccccc2)c1. The lowest BCUT2D eigenvalue weighted by Crippen LogP contribution is -2.19. The van der Waals surface area contributed by atoms with E-state index in [0.717, 1.165) is 6.42 Å². The molecule has 6 nitrogen and oxygen atoms in total. The summed E-state index contributed by atoms with van der Waals surface area (Å²) in [6.07, 6.45) is 0.769. The molecule has 1 N–H and O–H groups in total. The van der Waals surface area contributed by atoms with Gasteiger partial charge in [-0.1, -0.05) is 48.2 Å². The lowest BCUT2D eigenvalue weighted by atomic mass is 10.1. The monoisotopic (exact) mass is 366 g/mol. The minimum Gasteiger partial charge on any atom is -0.493 e. The van der Waals surface area contributed by atoms with E-state index in [1.54, 1.807) is 22.8 Å². The number of nitrogens with zero attached hydrogens (tertiary/aromatic N) is 3. The molecular formula is C19H18N4O2S. The number of thioether (sulfide) groups is 1. The number of aromatic amines is 1. The highest BCUT2D eigenvalue weighted by atomic mass is 32.2. The third kappa shape index (κ3) is 4.77. The van der Waals surface area contributed by atoms with Crippen LogP contribution in [0.2, 0.25) is 0 Å². The second-order valence-electron chi connectivity index (χ2n) is 5.54. The summed E-state index contributed by atoms with van der Waals surface area (Å²) < 4.78 is 7.30. The Morgan fingerprint density at radius 2 is 2.04 bits per heavy atom. The molecule has 0 radical (unpaired) electrons. The smallest absolute Gasteiger partial charge is 0.343 e. The van der Waals surface area contributed by atoms with Crippen molar-refractivity contribution in [3.63, 3.8) is 0 Å². The molecule has 0 bridgehead atoms. The molecule has 7 heteroatoms. The summed E-state index contributed by atoms with van der Waals surface area (Å²) in [7, 11) is 0. The van der Waals surface area contributed by atoms with Gasteiger partial charge in [0.15, 0.2) is 5.16 Å². The number of aromatic nitrogens is 3. The summed E-state index contributed by atoms with van der Waals surface area (Å²) in [5.41, 5.74) is 1.54. The molecule has 0 aliphatic carbocycles. The Balaban J connectivity index is 1.52. The van der Waals surface area contributed by atoms with Crippen molar-refractivity contribution in [2.75, 3.05) is 12.4 Å². The summed E-state index contributed by atoms with van der Waals surface area (Å²) in [6.45, 7) is 1.03. The highest BCUT2D eigenvalue weighted by Gasteiger charge is 2.09. The van der Waals surface area contributed by atoms with Crippen molar-refractivity contribution < 1.29 is 4.74 Å². The topological polar surface area (TPSA) is 83.7 Å². The molecule has 2 aromatic carbocycles. The van der Waals surface area contributed by atoms with Gasteiger partial charge in [-0.2, -0.15) is 5.26 Å². The number of ether oxygens (including phenoxy) is 1. The van der Waals surface area contributed by atoms with Gasteiger partial charge in [-0.25, -0.2) is 9.89 Å². The molecule has 0 unspecified atom stereocenters. The average molecular weight is 366 g/mol. The molecule has 132 valence electrons. The van der Waals surface area contributed by atoms with Gasteiger partial charge in [0.05, 0.1) is 18.2 Å².